The van der Waals surface area contributed by atoms with Crippen molar-refractivity contribution in [2.45, 2.75) is 6.42 Å². The summed E-state index contributed by atoms with van der Waals surface area (Å²) in [6.45, 7) is -0.343. The molecule has 0 spiro atoms. The lowest BCUT2D eigenvalue weighted by Gasteiger charge is -2.01. The molecule has 0 bridgehead atoms. The third-order valence-electron chi connectivity index (χ3n) is 1.89. The molecule has 0 radical (unpaired) electrons. The first-order valence-electron chi connectivity index (χ1n) is 4.75. The molecule has 90 valence electrons. The van der Waals surface area contributed by atoms with Crippen molar-refractivity contribution >= 4 is 28.1 Å². The number of carbonyl (C=O) groups excluding carboxylic acids is 2. The van der Waals surface area contributed by atoms with Crippen LogP contribution in [0.15, 0.2) is 17.8 Å². The van der Waals surface area contributed by atoms with Gasteiger partial charge in [-0.15, -0.1) is 11.3 Å². The smallest absolute Gasteiger partial charge is 0.249 e. The van der Waals surface area contributed by atoms with Crippen LogP contribution >= 0.6 is 11.3 Å². The van der Waals surface area contributed by atoms with E-state index in [-0.39, 0.29) is 18.9 Å². The number of nitrogens with two attached hydrogens (primary N) is 1. The van der Waals surface area contributed by atoms with Gasteiger partial charge >= 0.3 is 0 Å². The molecular formula is C9H10N4O3S. The molecule has 2 rings (SSSR count). The Morgan fingerprint density at radius 2 is 2.41 bits per heavy atom. The van der Waals surface area contributed by atoms with E-state index in [2.05, 4.69) is 15.3 Å². The molecule has 2 amide bonds. The number of hydrogen-bond acceptors (Lipinski definition) is 5. The Labute approximate surface area is 100 Å². The van der Waals surface area contributed by atoms with E-state index in [1.165, 1.54) is 11.3 Å². The van der Waals surface area contributed by atoms with E-state index in [4.69, 9.17) is 5.73 Å². The lowest BCUT2D eigenvalue weighted by Crippen LogP contribution is -2.30. The van der Waals surface area contributed by atoms with Gasteiger partial charge in [0.05, 0.1) is 12.1 Å². The fourth-order valence-electron chi connectivity index (χ4n) is 1.25. The summed E-state index contributed by atoms with van der Waals surface area (Å²) < 4.78 is 1.83. The van der Waals surface area contributed by atoms with E-state index in [9.17, 15) is 9.59 Å². The van der Waals surface area contributed by atoms with Crippen molar-refractivity contribution in [3.63, 3.8) is 0 Å². The van der Waals surface area contributed by atoms with Crippen LogP contribution in [0.4, 0.5) is 0 Å². The number of hydroxylamine groups is 1. The highest BCUT2D eigenvalue weighted by atomic mass is 32.1. The van der Waals surface area contributed by atoms with E-state index in [1.807, 2.05) is 16.0 Å². The second-order valence-electron chi connectivity index (χ2n) is 3.28. The number of nitrogens with zero attached hydrogens (tertiary/aromatic N) is 2. The largest absolute Gasteiger partial charge is 0.368 e. The Balaban J connectivity index is 1.86. The summed E-state index contributed by atoms with van der Waals surface area (Å²) in [6, 6.07) is 0. The zero-order valence-electron chi connectivity index (χ0n) is 8.75. The molecule has 2 aromatic rings. The molecule has 0 aliphatic carbocycles. The molecule has 17 heavy (non-hydrogen) atoms. The molecule has 0 aliphatic heterocycles. The third kappa shape index (κ3) is 3.02. The van der Waals surface area contributed by atoms with Gasteiger partial charge in [-0.25, -0.2) is 10.5 Å². The summed E-state index contributed by atoms with van der Waals surface area (Å²) in [7, 11) is 0. The number of hydrogen-bond donors (Lipinski definition) is 2. The number of aromatic nitrogens is 2. The molecular weight excluding hydrogens is 244 g/mol. The normalized spacial score (nSPS) is 10.6. The van der Waals surface area contributed by atoms with Crippen LogP contribution in [0.25, 0.3) is 4.96 Å². The Morgan fingerprint density at radius 3 is 3.12 bits per heavy atom. The standard InChI is InChI=1S/C9H10N4O3S/c10-7(14)5-16-12-8(15)3-6-4-13-1-2-17-9(13)11-6/h1-2,4H,3,5H2,(H2,10,14)(H,12,15). The predicted molar refractivity (Wildman–Crippen MR) is 60.1 cm³/mol. The summed E-state index contributed by atoms with van der Waals surface area (Å²) in [4.78, 5) is 31.3. The van der Waals surface area contributed by atoms with Crippen molar-refractivity contribution in [2.75, 3.05) is 6.61 Å². The van der Waals surface area contributed by atoms with E-state index in [0.29, 0.717) is 5.69 Å². The average Bonchev–Trinajstić information content (AvgIpc) is 2.76. The lowest BCUT2D eigenvalue weighted by molar-refractivity contribution is -0.137. The molecule has 0 saturated heterocycles. The molecule has 8 heteroatoms. The Kier molecular flexibility index (Phi) is 3.35. The number of carbonyl (C=O) groups is 2. The van der Waals surface area contributed by atoms with E-state index < -0.39 is 5.91 Å². The van der Waals surface area contributed by atoms with Gasteiger partial charge < -0.3 is 5.73 Å². The quantitative estimate of drug-likeness (QED) is 0.701. The molecule has 2 aromatic heterocycles. The summed E-state index contributed by atoms with van der Waals surface area (Å²) in [5, 5.41) is 1.90. The number of thiazole rings is 1. The van der Waals surface area contributed by atoms with E-state index in [1.54, 1.807) is 6.20 Å². The summed E-state index contributed by atoms with van der Waals surface area (Å²) in [6.07, 6.45) is 3.71. The predicted octanol–water partition coefficient (Wildman–Crippen LogP) is -0.529. The minimum Gasteiger partial charge on any atom is -0.368 e. The molecule has 0 aromatic carbocycles. The van der Waals surface area contributed by atoms with Gasteiger partial charge in [0.15, 0.2) is 11.6 Å². The molecule has 0 atom stereocenters. The summed E-state index contributed by atoms with van der Waals surface area (Å²) in [5.41, 5.74) is 7.59. The maximum atomic E-state index is 11.4. The number of imidazole rings is 1. The molecule has 0 unspecified atom stereocenters. The first-order chi connectivity index (χ1) is 8.15. The number of rotatable bonds is 5. The second-order valence-corrected chi connectivity index (χ2v) is 4.16. The fourth-order valence-corrected chi connectivity index (χ4v) is 1.97. The topological polar surface area (TPSA) is 98.7 Å². The molecule has 7 nitrogen and oxygen atoms in total. The van der Waals surface area contributed by atoms with E-state index >= 15 is 0 Å². The molecule has 3 N–H and O–H groups in total. The van der Waals surface area contributed by atoms with Gasteiger partial charge in [-0.1, -0.05) is 0 Å². The van der Waals surface area contributed by atoms with Gasteiger partial charge in [0.1, 0.15) is 0 Å². The van der Waals surface area contributed by atoms with Crippen molar-refractivity contribution in [2.24, 2.45) is 5.73 Å². The molecule has 2 heterocycles. The van der Waals surface area contributed by atoms with Crippen LogP contribution in [0.1, 0.15) is 5.69 Å². The monoisotopic (exact) mass is 254 g/mol. The van der Waals surface area contributed by atoms with Crippen LogP contribution in [0, 0.1) is 0 Å². The summed E-state index contributed by atoms with van der Waals surface area (Å²) in [5.74, 6) is -1.02. The SMILES string of the molecule is NC(=O)CONC(=O)Cc1cn2ccsc2n1. The lowest BCUT2D eigenvalue weighted by atomic mass is 10.3. The Bertz CT molecular complexity index is 519. The van der Waals surface area contributed by atoms with Crippen molar-refractivity contribution in [3.05, 3.63) is 23.5 Å². The number of fused-ring (bicyclic) bond motifs is 1. The van der Waals surface area contributed by atoms with Crippen LogP contribution in [0.3, 0.4) is 0 Å². The van der Waals surface area contributed by atoms with Crippen molar-refractivity contribution < 1.29 is 14.4 Å². The van der Waals surface area contributed by atoms with Crippen LogP contribution in [-0.4, -0.2) is 27.8 Å². The minimum absolute atomic E-state index is 0.0904. The Hall–Kier alpha value is -1.93. The van der Waals surface area contributed by atoms with Crippen molar-refractivity contribution in [3.8, 4) is 0 Å². The van der Waals surface area contributed by atoms with Gasteiger partial charge in [0.2, 0.25) is 11.8 Å². The van der Waals surface area contributed by atoms with Crippen LogP contribution < -0.4 is 11.2 Å². The zero-order chi connectivity index (χ0) is 12.3. The van der Waals surface area contributed by atoms with Crippen molar-refractivity contribution in [1.29, 1.82) is 0 Å². The average molecular weight is 254 g/mol. The molecule has 0 fully saturated rings. The van der Waals surface area contributed by atoms with E-state index in [0.717, 1.165) is 4.96 Å². The number of primary amides is 1. The first kappa shape index (κ1) is 11.6. The maximum Gasteiger partial charge on any atom is 0.249 e. The molecule has 0 saturated carbocycles. The second kappa shape index (κ2) is 4.93. The van der Waals surface area contributed by atoms with Crippen LogP contribution in [-0.2, 0) is 20.8 Å². The van der Waals surface area contributed by atoms with Gasteiger partial charge in [-0.05, 0) is 0 Å². The van der Waals surface area contributed by atoms with Gasteiger partial charge in [0.25, 0.3) is 0 Å². The highest BCUT2D eigenvalue weighted by Gasteiger charge is 2.08. The highest BCUT2D eigenvalue weighted by Crippen LogP contribution is 2.11. The number of nitrogens with one attached hydrogen (secondary N) is 1. The Morgan fingerprint density at radius 1 is 1.59 bits per heavy atom. The zero-order valence-corrected chi connectivity index (χ0v) is 9.57. The number of amides is 2. The minimum atomic E-state index is -0.646. The highest BCUT2D eigenvalue weighted by molar-refractivity contribution is 7.15. The van der Waals surface area contributed by atoms with Crippen LogP contribution in [0.5, 0.6) is 0 Å². The fraction of sp³-hybridized carbons (Fsp3) is 0.222. The first-order valence-corrected chi connectivity index (χ1v) is 5.63. The maximum absolute atomic E-state index is 11.4. The van der Waals surface area contributed by atoms with Crippen molar-refractivity contribution in [1.82, 2.24) is 14.9 Å². The van der Waals surface area contributed by atoms with Crippen LogP contribution in [0.2, 0.25) is 0 Å². The van der Waals surface area contributed by atoms with Gasteiger partial charge in [-0.2, -0.15) is 0 Å². The summed E-state index contributed by atoms with van der Waals surface area (Å²) >= 11 is 1.48. The third-order valence-corrected chi connectivity index (χ3v) is 2.66. The van der Waals surface area contributed by atoms with Gasteiger partial charge in [0, 0.05) is 17.8 Å². The molecule has 0 aliphatic rings. The van der Waals surface area contributed by atoms with Gasteiger partial charge in [-0.3, -0.25) is 18.8 Å².